The summed E-state index contributed by atoms with van der Waals surface area (Å²) in [5.74, 6) is -0.302. The molecule has 0 aromatic carbocycles. The van der Waals surface area contributed by atoms with Gasteiger partial charge in [-0.15, -0.1) is 0 Å². The van der Waals surface area contributed by atoms with E-state index in [4.69, 9.17) is 5.73 Å². The largest absolute Gasteiger partial charge is 0.369 e. The molecule has 3 rings (SSSR count). The van der Waals surface area contributed by atoms with Crippen LogP contribution in [0.15, 0.2) is 16.1 Å². The van der Waals surface area contributed by atoms with E-state index < -0.39 is 5.91 Å². The van der Waals surface area contributed by atoms with E-state index in [1.54, 1.807) is 22.5 Å². The smallest absolute Gasteiger partial charge is 0.282 e. The maximum absolute atomic E-state index is 12.7. The molecule has 0 radical (unpaired) electrons. The lowest BCUT2D eigenvalue weighted by Gasteiger charge is -2.17. The van der Waals surface area contributed by atoms with Crippen molar-refractivity contribution in [1.82, 2.24) is 19.3 Å². The Morgan fingerprint density at radius 2 is 2.19 bits per heavy atom. The molecular weight excluding hydrogens is 290 g/mol. The van der Waals surface area contributed by atoms with Crippen LogP contribution < -0.4 is 11.3 Å². The summed E-state index contributed by atoms with van der Waals surface area (Å²) in [6, 6.07) is 0.145. The monoisotopic (exact) mass is 307 g/mol. The molecule has 112 valence electrons. The van der Waals surface area contributed by atoms with Gasteiger partial charge in [-0.25, -0.2) is 4.98 Å². The van der Waals surface area contributed by atoms with Crippen molar-refractivity contribution in [1.29, 1.82) is 0 Å². The van der Waals surface area contributed by atoms with Gasteiger partial charge in [0.2, 0.25) is 5.91 Å². The number of aryl methyl sites for hydroxylation is 1. The lowest BCUT2D eigenvalue weighted by molar-refractivity contribution is -0.115. The van der Waals surface area contributed by atoms with Crippen molar-refractivity contribution >= 4 is 28.7 Å². The molecule has 0 bridgehead atoms. The van der Waals surface area contributed by atoms with Gasteiger partial charge in [0.1, 0.15) is 5.52 Å². The first-order valence-corrected chi connectivity index (χ1v) is 7.92. The molecule has 0 unspecified atom stereocenters. The van der Waals surface area contributed by atoms with E-state index in [1.807, 2.05) is 0 Å². The predicted octanol–water partition coefficient (Wildman–Crippen LogP) is 0.822. The van der Waals surface area contributed by atoms with Crippen LogP contribution in [0.1, 0.15) is 31.7 Å². The van der Waals surface area contributed by atoms with Crippen molar-refractivity contribution in [2.75, 3.05) is 5.75 Å². The number of amides is 1. The zero-order valence-electron chi connectivity index (χ0n) is 11.8. The van der Waals surface area contributed by atoms with Crippen molar-refractivity contribution in [3.63, 3.8) is 0 Å². The van der Waals surface area contributed by atoms with Crippen LogP contribution in [-0.2, 0) is 11.8 Å². The van der Waals surface area contributed by atoms with Crippen LogP contribution in [0.2, 0.25) is 0 Å². The van der Waals surface area contributed by atoms with E-state index in [2.05, 4.69) is 10.1 Å². The number of hydrogen-bond donors (Lipinski definition) is 1. The van der Waals surface area contributed by atoms with Crippen molar-refractivity contribution in [2.45, 2.75) is 36.9 Å². The van der Waals surface area contributed by atoms with Crippen LogP contribution in [0, 0.1) is 0 Å². The summed E-state index contributed by atoms with van der Waals surface area (Å²) in [5.41, 5.74) is 6.02. The Labute approximate surface area is 125 Å². The van der Waals surface area contributed by atoms with E-state index in [-0.39, 0.29) is 17.4 Å². The SMILES string of the molecule is Cn1cc2nc(SCC(N)=O)n(C3CCCC3)c(=O)c2n1. The minimum Gasteiger partial charge on any atom is -0.369 e. The molecule has 1 fully saturated rings. The van der Waals surface area contributed by atoms with E-state index in [1.165, 1.54) is 11.8 Å². The second kappa shape index (κ2) is 5.51. The number of hydrogen-bond acceptors (Lipinski definition) is 5. The molecular formula is C13H17N5O2S. The van der Waals surface area contributed by atoms with Crippen LogP contribution in [0.3, 0.4) is 0 Å². The quantitative estimate of drug-likeness (QED) is 0.666. The first-order valence-electron chi connectivity index (χ1n) is 6.93. The summed E-state index contributed by atoms with van der Waals surface area (Å²) in [6.45, 7) is 0. The number of carbonyl (C=O) groups is 1. The number of aromatic nitrogens is 4. The Hall–Kier alpha value is -1.83. The maximum atomic E-state index is 12.7. The van der Waals surface area contributed by atoms with E-state index in [0.29, 0.717) is 16.2 Å². The lowest BCUT2D eigenvalue weighted by atomic mass is 10.2. The number of carbonyl (C=O) groups excluding carboxylic acids is 1. The highest BCUT2D eigenvalue weighted by Crippen LogP contribution is 2.31. The molecule has 7 nitrogen and oxygen atoms in total. The first kappa shape index (κ1) is 14.1. The molecule has 0 atom stereocenters. The number of primary amides is 1. The zero-order chi connectivity index (χ0) is 15.0. The van der Waals surface area contributed by atoms with Gasteiger partial charge in [-0.3, -0.25) is 18.8 Å². The summed E-state index contributed by atoms with van der Waals surface area (Å²) in [7, 11) is 1.76. The summed E-state index contributed by atoms with van der Waals surface area (Å²) < 4.78 is 3.29. The normalized spacial score (nSPS) is 15.9. The molecule has 0 aliphatic heterocycles. The van der Waals surface area contributed by atoms with Crippen LogP contribution in [-0.4, -0.2) is 31.0 Å². The Bertz CT molecular complexity index is 745. The highest BCUT2D eigenvalue weighted by atomic mass is 32.2. The Morgan fingerprint density at radius 3 is 2.86 bits per heavy atom. The number of nitrogens with two attached hydrogens (primary N) is 1. The molecule has 1 aliphatic rings. The summed E-state index contributed by atoms with van der Waals surface area (Å²) in [6.07, 6.45) is 5.85. The van der Waals surface area contributed by atoms with E-state index in [0.717, 1.165) is 25.7 Å². The summed E-state index contributed by atoms with van der Waals surface area (Å²) in [4.78, 5) is 28.2. The third kappa shape index (κ3) is 2.67. The molecule has 2 aromatic heterocycles. The summed E-state index contributed by atoms with van der Waals surface area (Å²) >= 11 is 1.22. The fraction of sp³-hybridized carbons (Fsp3) is 0.538. The van der Waals surface area contributed by atoms with Gasteiger partial charge < -0.3 is 5.73 Å². The minimum atomic E-state index is -0.418. The van der Waals surface area contributed by atoms with Gasteiger partial charge in [-0.2, -0.15) is 5.10 Å². The fourth-order valence-corrected chi connectivity index (χ4v) is 3.60. The standard InChI is InChI=1S/C13H17N5O2S/c1-17-6-9-11(16-17)12(20)18(8-4-2-3-5-8)13(15-9)21-7-10(14)19/h6,8H,2-5,7H2,1H3,(H2,14,19). The van der Waals surface area contributed by atoms with Gasteiger partial charge in [0.05, 0.1) is 11.9 Å². The number of rotatable bonds is 4. The van der Waals surface area contributed by atoms with Gasteiger partial charge in [0.25, 0.3) is 5.56 Å². The molecule has 1 aliphatic carbocycles. The maximum Gasteiger partial charge on any atom is 0.282 e. The molecule has 2 aromatic rings. The van der Waals surface area contributed by atoms with Gasteiger partial charge >= 0.3 is 0 Å². The van der Waals surface area contributed by atoms with Crippen molar-refractivity contribution in [3.8, 4) is 0 Å². The Balaban J connectivity index is 2.14. The zero-order valence-corrected chi connectivity index (χ0v) is 12.6. The molecule has 0 saturated heterocycles. The second-order valence-corrected chi connectivity index (χ2v) is 6.24. The minimum absolute atomic E-state index is 0.116. The predicted molar refractivity (Wildman–Crippen MR) is 80.2 cm³/mol. The Kier molecular flexibility index (Phi) is 3.71. The molecule has 2 N–H and O–H groups in total. The second-order valence-electron chi connectivity index (χ2n) is 5.30. The third-order valence-electron chi connectivity index (χ3n) is 3.69. The fourth-order valence-electron chi connectivity index (χ4n) is 2.79. The molecule has 8 heteroatoms. The Morgan fingerprint density at radius 1 is 1.48 bits per heavy atom. The number of nitrogens with zero attached hydrogens (tertiary/aromatic N) is 4. The molecule has 1 saturated carbocycles. The first-order chi connectivity index (χ1) is 10.1. The number of fused-ring (bicyclic) bond motifs is 1. The van der Waals surface area contributed by atoms with Crippen LogP contribution in [0.4, 0.5) is 0 Å². The molecule has 0 spiro atoms. The number of thioether (sulfide) groups is 1. The van der Waals surface area contributed by atoms with Crippen LogP contribution in [0.5, 0.6) is 0 Å². The van der Waals surface area contributed by atoms with Gasteiger partial charge in [0, 0.05) is 13.1 Å². The van der Waals surface area contributed by atoms with Gasteiger partial charge in [0.15, 0.2) is 10.7 Å². The van der Waals surface area contributed by atoms with Crippen molar-refractivity contribution in [2.24, 2.45) is 12.8 Å². The molecule has 1 amide bonds. The average molecular weight is 307 g/mol. The van der Waals surface area contributed by atoms with E-state index >= 15 is 0 Å². The third-order valence-corrected chi connectivity index (χ3v) is 4.66. The van der Waals surface area contributed by atoms with Crippen molar-refractivity contribution in [3.05, 3.63) is 16.6 Å². The van der Waals surface area contributed by atoms with Gasteiger partial charge in [-0.1, -0.05) is 24.6 Å². The highest BCUT2D eigenvalue weighted by molar-refractivity contribution is 7.99. The highest BCUT2D eigenvalue weighted by Gasteiger charge is 2.24. The van der Waals surface area contributed by atoms with Gasteiger partial charge in [-0.05, 0) is 12.8 Å². The van der Waals surface area contributed by atoms with Crippen molar-refractivity contribution < 1.29 is 4.79 Å². The van der Waals surface area contributed by atoms with E-state index in [9.17, 15) is 9.59 Å². The summed E-state index contributed by atoms with van der Waals surface area (Å²) in [5, 5.41) is 4.76. The average Bonchev–Trinajstić information content (AvgIpc) is 3.05. The lowest BCUT2D eigenvalue weighted by Crippen LogP contribution is -2.27. The molecule has 2 heterocycles. The topological polar surface area (TPSA) is 95.8 Å². The molecule has 21 heavy (non-hydrogen) atoms. The van der Waals surface area contributed by atoms with Crippen LogP contribution in [0.25, 0.3) is 11.0 Å². The van der Waals surface area contributed by atoms with Crippen LogP contribution >= 0.6 is 11.8 Å².